The lowest BCUT2D eigenvalue weighted by atomic mass is 9.89. The molecule has 0 radical (unpaired) electrons. The highest BCUT2D eigenvalue weighted by Crippen LogP contribution is 2.38. The molecule has 0 spiro atoms. The number of hydrogen-bond acceptors (Lipinski definition) is 6. The maximum atomic E-state index is 14.8. The van der Waals surface area contributed by atoms with E-state index in [1.165, 1.54) is 11.8 Å². The molecule has 0 aromatic carbocycles. The number of carboxylic acid groups (broad SMARTS) is 1. The summed E-state index contributed by atoms with van der Waals surface area (Å²) in [5.41, 5.74) is 2.53. The molecule has 2 aliphatic heterocycles. The van der Waals surface area contributed by atoms with Gasteiger partial charge in [-0.15, -0.1) is 0 Å². The van der Waals surface area contributed by atoms with Crippen molar-refractivity contribution in [3.05, 3.63) is 41.2 Å². The molecule has 2 aromatic heterocycles. The van der Waals surface area contributed by atoms with Gasteiger partial charge >= 0.3 is 5.97 Å². The summed E-state index contributed by atoms with van der Waals surface area (Å²) in [5, 5.41) is 12.6. The zero-order chi connectivity index (χ0) is 23.3. The van der Waals surface area contributed by atoms with Crippen LogP contribution in [0.25, 0.3) is 0 Å². The summed E-state index contributed by atoms with van der Waals surface area (Å²) in [6, 6.07) is 5.61. The number of aryl methyl sites for hydroxylation is 2. The Bertz CT molecular complexity index is 986. The number of carboxylic acids is 1. The van der Waals surface area contributed by atoms with Gasteiger partial charge in [0.25, 0.3) is 5.88 Å². The van der Waals surface area contributed by atoms with E-state index >= 15 is 0 Å². The number of carbonyl (C=O) groups is 1. The van der Waals surface area contributed by atoms with E-state index in [4.69, 9.17) is 9.47 Å². The van der Waals surface area contributed by atoms with Gasteiger partial charge in [0.15, 0.2) is 5.75 Å². The Morgan fingerprint density at radius 2 is 2.09 bits per heavy atom. The number of fused-ring (bicyclic) bond motifs is 2. The van der Waals surface area contributed by atoms with Gasteiger partial charge in [0, 0.05) is 37.2 Å². The molecule has 33 heavy (non-hydrogen) atoms. The fraction of sp³-hybridized carbons (Fsp3) is 0.542. The van der Waals surface area contributed by atoms with Crippen molar-refractivity contribution < 1.29 is 28.2 Å². The molecule has 0 bridgehead atoms. The number of pyridine rings is 2. The fourth-order valence-electron chi connectivity index (χ4n) is 4.35. The van der Waals surface area contributed by atoms with Crippen LogP contribution in [0.1, 0.15) is 61.3 Å². The molecule has 0 aliphatic carbocycles. The van der Waals surface area contributed by atoms with Gasteiger partial charge in [-0.05, 0) is 55.4 Å². The third-order valence-electron chi connectivity index (χ3n) is 6.03. The summed E-state index contributed by atoms with van der Waals surface area (Å²) >= 11 is 0. The normalized spacial score (nSPS) is 15.9. The smallest absolute Gasteiger partial charge is 0.303 e. The Balaban J connectivity index is 1.33. The molecule has 2 N–H and O–H groups in total. The standard InChI is InChI=1S/C24H29F2N3O4/c25-24(26,8-2-1-5-19-7-6-16-4-3-9-27-22(16)29-19)14-17(13-21(30)31)18-12-20-23(28-15-18)33-11-10-32-20/h6-7,12,15,17H,1-5,8-11,13-14H2,(H,27,29)(H,30,31)/t17-/m0/s1. The van der Waals surface area contributed by atoms with E-state index in [-0.39, 0.29) is 6.42 Å². The molecule has 1 atom stereocenters. The van der Waals surface area contributed by atoms with Gasteiger partial charge in [-0.3, -0.25) is 4.79 Å². The summed E-state index contributed by atoms with van der Waals surface area (Å²) in [6.45, 7) is 1.62. The maximum Gasteiger partial charge on any atom is 0.303 e. The van der Waals surface area contributed by atoms with E-state index in [2.05, 4.69) is 21.4 Å². The number of anilines is 1. The maximum absolute atomic E-state index is 14.8. The Kier molecular flexibility index (Phi) is 7.25. The molecular weight excluding hydrogens is 432 g/mol. The lowest BCUT2D eigenvalue weighted by Gasteiger charge is -2.24. The SMILES string of the molecule is O=C(O)C[C@@H](CC(F)(F)CCCCc1ccc2c(n1)NCCC2)c1cnc2c(c1)OCCO2. The molecule has 7 nitrogen and oxygen atoms in total. The first kappa shape index (κ1) is 23.2. The van der Waals surface area contributed by atoms with Gasteiger partial charge in [-0.2, -0.15) is 0 Å². The zero-order valence-corrected chi connectivity index (χ0v) is 18.5. The van der Waals surface area contributed by atoms with Crippen LogP contribution in [0.3, 0.4) is 0 Å². The van der Waals surface area contributed by atoms with Gasteiger partial charge in [0.1, 0.15) is 19.0 Å². The van der Waals surface area contributed by atoms with Crippen LogP contribution in [-0.2, 0) is 17.6 Å². The number of ether oxygens (including phenoxy) is 2. The van der Waals surface area contributed by atoms with Crippen molar-refractivity contribution in [3.8, 4) is 11.6 Å². The monoisotopic (exact) mass is 461 g/mol. The molecule has 0 saturated carbocycles. The van der Waals surface area contributed by atoms with Crippen LogP contribution in [0.15, 0.2) is 24.4 Å². The van der Waals surface area contributed by atoms with Gasteiger partial charge in [0.05, 0.1) is 6.42 Å². The quantitative estimate of drug-likeness (QED) is 0.500. The van der Waals surface area contributed by atoms with Gasteiger partial charge in [-0.25, -0.2) is 18.7 Å². The molecule has 9 heteroatoms. The third-order valence-corrected chi connectivity index (χ3v) is 6.03. The average Bonchev–Trinajstić information content (AvgIpc) is 2.80. The van der Waals surface area contributed by atoms with Crippen LogP contribution in [-0.4, -0.2) is 46.7 Å². The Morgan fingerprint density at radius 3 is 2.94 bits per heavy atom. The van der Waals surface area contributed by atoms with Crippen molar-refractivity contribution >= 4 is 11.8 Å². The first-order valence-electron chi connectivity index (χ1n) is 11.5. The Morgan fingerprint density at radius 1 is 1.24 bits per heavy atom. The number of nitrogens with one attached hydrogen (secondary N) is 1. The molecular formula is C24H29F2N3O4. The summed E-state index contributed by atoms with van der Waals surface area (Å²) in [7, 11) is 0. The molecule has 2 aliphatic rings. The van der Waals surface area contributed by atoms with Crippen molar-refractivity contribution in [2.45, 2.75) is 63.2 Å². The zero-order valence-electron chi connectivity index (χ0n) is 18.5. The highest BCUT2D eigenvalue weighted by Gasteiger charge is 2.34. The Labute approximate surface area is 191 Å². The van der Waals surface area contributed by atoms with E-state index < -0.39 is 30.7 Å². The number of unbranched alkanes of at least 4 members (excludes halogenated alkanes) is 1. The van der Waals surface area contributed by atoms with Crippen molar-refractivity contribution in [1.29, 1.82) is 0 Å². The fourth-order valence-corrected chi connectivity index (χ4v) is 4.35. The minimum atomic E-state index is -2.99. The lowest BCUT2D eigenvalue weighted by molar-refractivity contribution is -0.138. The molecule has 4 heterocycles. The molecule has 0 unspecified atom stereocenters. The summed E-state index contributed by atoms with van der Waals surface area (Å²) in [4.78, 5) is 20.1. The number of nitrogens with zero attached hydrogens (tertiary/aromatic N) is 2. The number of aliphatic carboxylic acids is 1. The second kappa shape index (κ2) is 10.3. The van der Waals surface area contributed by atoms with Crippen molar-refractivity contribution in [2.24, 2.45) is 0 Å². The molecule has 0 saturated heterocycles. The molecule has 2 aromatic rings. The average molecular weight is 462 g/mol. The lowest BCUT2D eigenvalue weighted by Crippen LogP contribution is -2.22. The van der Waals surface area contributed by atoms with Gasteiger partial charge in [0.2, 0.25) is 5.92 Å². The van der Waals surface area contributed by atoms with Crippen LogP contribution in [0.2, 0.25) is 0 Å². The van der Waals surface area contributed by atoms with Crippen molar-refractivity contribution in [3.63, 3.8) is 0 Å². The number of alkyl halides is 2. The molecule has 178 valence electrons. The highest BCUT2D eigenvalue weighted by molar-refractivity contribution is 5.68. The number of aromatic nitrogens is 2. The topological polar surface area (TPSA) is 93.6 Å². The van der Waals surface area contributed by atoms with E-state index in [1.807, 2.05) is 6.07 Å². The minimum Gasteiger partial charge on any atom is -0.484 e. The van der Waals surface area contributed by atoms with Gasteiger partial charge in [-0.1, -0.05) is 6.07 Å². The highest BCUT2D eigenvalue weighted by atomic mass is 19.3. The Hall–Kier alpha value is -2.97. The van der Waals surface area contributed by atoms with Crippen molar-refractivity contribution in [2.75, 3.05) is 25.1 Å². The molecule has 4 rings (SSSR count). The molecule has 0 fully saturated rings. The van der Waals surface area contributed by atoms with E-state index in [9.17, 15) is 18.7 Å². The van der Waals surface area contributed by atoms with Crippen LogP contribution in [0.5, 0.6) is 11.6 Å². The van der Waals surface area contributed by atoms with Crippen LogP contribution in [0.4, 0.5) is 14.6 Å². The summed E-state index contributed by atoms with van der Waals surface area (Å²) in [6.07, 6.45) is 3.82. The van der Waals surface area contributed by atoms with E-state index in [1.54, 1.807) is 6.07 Å². The predicted octanol–water partition coefficient (Wildman–Crippen LogP) is 4.60. The second-order valence-electron chi connectivity index (χ2n) is 8.67. The number of halogens is 2. The second-order valence-corrected chi connectivity index (χ2v) is 8.67. The summed E-state index contributed by atoms with van der Waals surface area (Å²) in [5.74, 6) is -3.40. The van der Waals surface area contributed by atoms with E-state index in [0.717, 1.165) is 30.9 Å². The van der Waals surface area contributed by atoms with Gasteiger partial charge < -0.3 is 19.9 Å². The largest absolute Gasteiger partial charge is 0.484 e. The third kappa shape index (κ3) is 6.30. The summed E-state index contributed by atoms with van der Waals surface area (Å²) < 4.78 is 40.4. The minimum absolute atomic E-state index is 0.301. The van der Waals surface area contributed by atoms with Crippen molar-refractivity contribution in [1.82, 2.24) is 9.97 Å². The van der Waals surface area contributed by atoms with Crippen LogP contribution < -0.4 is 14.8 Å². The predicted molar refractivity (Wildman–Crippen MR) is 118 cm³/mol. The van der Waals surface area contributed by atoms with Crippen LogP contribution >= 0.6 is 0 Å². The van der Waals surface area contributed by atoms with E-state index in [0.29, 0.717) is 49.7 Å². The first-order chi connectivity index (χ1) is 15.9. The number of hydrogen-bond donors (Lipinski definition) is 2. The first-order valence-corrected chi connectivity index (χ1v) is 11.5. The molecule has 0 amide bonds. The van der Waals surface area contributed by atoms with Crippen LogP contribution in [0, 0.1) is 0 Å². The number of rotatable bonds is 10.